The van der Waals surface area contributed by atoms with E-state index < -0.39 is 0 Å². The van der Waals surface area contributed by atoms with Crippen molar-refractivity contribution in [1.29, 1.82) is 0 Å². The quantitative estimate of drug-likeness (QED) is 0.582. The summed E-state index contributed by atoms with van der Waals surface area (Å²) in [5.41, 5.74) is 0. The first-order chi connectivity index (χ1) is 4.76. The summed E-state index contributed by atoms with van der Waals surface area (Å²) in [6.07, 6.45) is 0.861. The van der Waals surface area contributed by atoms with Crippen molar-refractivity contribution in [2.24, 2.45) is 0 Å². The lowest BCUT2D eigenvalue weighted by Gasteiger charge is -2.08. The fourth-order valence-electron chi connectivity index (χ4n) is 0.373. The van der Waals surface area contributed by atoms with Gasteiger partial charge in [0.2, 0.25) is 6.41 Å². The van der Waals surface area contributed by atoms with E-state index in [2.05, 4.69) is 5.32 Å². The van der Waals surface area contributed by atoms with Gasteiger partial charge in [-0.2, -0.15) is 0 Å². The van der Waals surface area contributed by atoms with E-state index in [1.165, 1.54) is 0 Å². The van der Waals surface area contributed by atoms with Crippen molar-refractivity contribution in [1.82, 2.24) is 10.2 Å². The molecule has 0 aliphatic carbocycles. The Kier molecular flexibility index (Phi) is 13.7. The molecule has 62 valence electrons. The highest BCUT2D eigenvalue weighted by Gasteiger charge is 1.87. The molecule has 0 radical (unpaired) electrons. The van der Waals surface area contributed by atoms with Gasteiger partial charge in [-0.1, -0.05) is 0 Å². The molecule has 0 aliphatic heterocycles. The third-order valence-corrected chi connectivity index (χ3v) is 0.961. The molecular weight excluding hydrogens is 128 g/mol. The van der Waals surface area contributed by atoms with Gasteiger partial charge in [0, 0.05) is 13.1 Å². The van der Waals surface area contributed by atoms with E-state index in [1.54, 1.807) is 4.90 Å². The molecule has 0 fully saturated rings. The minimum atomic E-state index is 0.819. The van der Waals surface area contributed by atoms with Crippen molar-refractivity contribution in [3.8, 4) is 0 Å². The lowest BCUT2D eigenvalue weighted by molar-refractivity contribution is -0.117. The average molecular weight is 146 g/mol. The van der Waals surface area contributed by atoms with E-state index >= 15 is 0 Å². The summed E-state index contributed by atoms with van der Waals surface area (Å²) in [7, 11) is 3.75. The van der Waals surface area contributed by atoms with E-state index in [4.69, 9.17) is 0 Å². The van der Waals surface area contributed by atoms with Crippen molar-refractivity contribution in [3.05, 3.63) is 0 Å². The maximum atomic E-state index is 9.89. The Bertz CT molecular complexity index is 62.6. The third kappa shape index (κ3) is 10.4. The van der Waals surface area contributed by atoms with Crippen LogP contribution in [0, 0.1) is 0 Å². The molecule has 0 aromatic carbocycles. The van der Waals surface area contributed by atoms with Gasteiger partial charge in [0.25, 0.3) is 0 Å². The Morgan fingerprint density at radius 1 is 1.30 bits per heavy atom. The molecule has 0 spiro atoms. The van der Waals surface area contributed by atoms with Gasteiger partial charge in [-0.15, -0.1) is 0 Å². The molecular formula is C7H18N2O. The van der Waals surface area contributed by atoms with Gasteiger partial charge in [0.1, 0.15) is 0 Å². The highest BCUT2D eigenvalue weighted by molar-refractivity contribution is 5.46. The number of carbonyl (C=O) groups is 1. The molecule has 1 N–H and O–H groups in total. The van der Waals surface area contributed by atoms with Crippen molar-refractivity contribution in [2.75, 3.05) is 27.2 Å². The summed E-state index contributed by atoms with van der Waals surface area (Å²) in [5.74, 6) is 0. The van der Waals surface area contributed by atoms with Gasteiger partial charge in [-0.3, -0.25) is 4.79 Å². The molecule has 0 unspecified atom stereocenters. The first kappa shape index (κ1) is 12.1. The van der Waals surface area contributed by atoms with Crippen LogP contribution in [0.25, 0.3) is 0 Å². The van der Waals surface area contributed by atoms with Crippen LogP contribution in [0.3, 0.4) is 0 Å². The van der Waals surface area contributed by atoms with Crippen LogP contribution in [0.15, 0.2) is 0 Å². The summed E-state index contributed by atoms with van der Waals surface area (Å²) in [5, 5.41) is 2.75. The summed E-state index contributed by atoms with van der Waals surface area (Å²) in [6.45, 7) is 5.55. The Balaban J connectivity index is 0. The van der Waals surface area contributed by atoms with E-state index in [-0.39, 0.29) is 0 Å². The van der Waals surface area contributed by atoms with Crippen LogP contribution >= 0.6 is 0 Å². The number of rotatable bonds is 3. The first-order valence-electron chi connectivity index (χ1n) is 3.54. The molecule has 10 heavy (non-hydrogen) atoms. The van der Waals surface area contributed by atoms with Crippen LogP contribution in [0.2, 0.25) is 0 Å². The summed E-state index contributed by atoms with van der Waals surface area (Å²) in [4.78, 5) is 11.6. The van der Waals surface area contributed by atoms with Crippen LogP contribution in [0.5, 0.6) is 0 Å². The van der Waals surface area contributed by atoms with E-state index in [9.17, 15) is 4.79 Å². The standard InChI is InChI=1S/C5H11NO.C2H7N/c1-3-6(4-2)5-7;1-3-2/h5H,3-4H2,1-2H3;3H,1-2H3. The molecule has 1 amide bonds. The lowest BCUT2D eigenvalue weighted by atomic mass is 10.6. The van der Waals surface area contributed by atoms with Gasteiger partial charge in [-0.25, -0.2) is 0 Å². The van der Waals surface area contributed by atoms with Crippen molar-refractivity contribution in [3.63, 3.8) is 0 Å². The first-order valence-corrected chi connectivity index (χ1v) is 3.54. The molecule has 0 rings (SSSR count). The number of hydrogen-bond acceptors (Lipinski definition) is 2. The minimum absolute atomic E-state index is 0.819. The fraction of sp³-hybridized carbons (Fsp3) is 0.857. The Morgan fingerprint density at radius 2 is 1.60 bits per heavy atom. The zero-order chi connectivity index (χ0) is 8.41. The molecule has 0 atom stereocenters. The predicted molar refractivity (Wildman–Crippen MR) is 44.0 cm³/mol. The van der Waals surface area contributed by atoms with Crippen molar-refractivity contribution in [2.45, 2.75) is 13.8 Å². The van der Waals surface area contributed by atoms with Gasteiger partial charge in [0.05, 0.1) is 0 Å². The highest BCUT2D eigenvalue weighted by Crippen LogP contribution is 1.75. The average Bonchev–Trinajstić information content (AvgIpc) is 1.93. The molecule has 3 nitrogen and oxygen atoms in total. The smallest absolute Gasteiger partial charge is 0.209 e. The second-order valence-corrected chi connectivity index (χ2v) is 1.83. The maximum absolute atomic E-state index is 9.89. The monoisotopic (exact) mass is 146 g/mol. The molecule has 0 saturated carbocycles. The predicted octanol–water partition coefficient (Wildman–Crippen LogP) is 0.320. The van der Waals surface area contributed by atoms with E-state index in [0.717, 1.165) is 19.5 Å². The second-order valence-electron chi connectivity index (χ2n) is 1.83. The summed E-state index contributed by atoms with van der Waals surface area (Å²) < 4.78 is 0. The molecule has 0 bridgehead atoms. The molecule has 0 aliphatic rings. The van der Waals surface area contributed by atoms with E-state index in [0.29, 0.717) is 0 Å². The molecule has 0 aromatic heterocycles. The Labute approximate surface area is 63.4 Å². The van der Waals surface area contributed by atoms with Gasteiger partial charge >= 0.3 is 0 Å². The van der Waals surface area contributed by atoms with Gasteiger partial charge < -0.3 is 10.2 Å². The topological polar surface area (TPSA) is 32.3 Å². The number of nitrogens with zero attached hydrogens (tertiary/aromatic N) is 1. The number of nitrogens with one attached hydrogen (secondary N) is 1. The van der Waals surface area contributed by atoms with Crippen LogP contribution < -0.4 is 5.32 Å². The molecule has 0 saturated heterocycles. The van der Waals surface area contributed by atoms with Crippen molar-refractivity contribution < 1.29 is 4.79 Å². The van der Waals surface area contributed by atoms with Crippen LogP contribution in [-0.4, -0.2) is 38.5 Å². The molecule has 3 heteroatoms. The second kappa shape index (κ2) is 11.3. The van der Waals surface area contributed by atoms with Crippen molar-refractivity contribution >= 4 is 6.41 Å². The van der Waals surface area contributed by atoms with Crippen LogP contribution in [0.4, 0.5) is 0 Å². The normalized spacial score (nSPS) is 7.60. The Hall–Kier alpha value is -0.570. The molecule has 0 heterocycles. The lowest BCUT2D eigenvalue weighted by Crippen LogP contribution is -2.19. The minimum Gasteiger partial charge on any atom is -0.346 e. The van der Waals surface area contributed by atoms with Gasteiger partial charge in [0.15, 0.2) is 0 Å². The largest absolute Gasteiger partial charge is 0.346 e. The highest BCUT2D eigenvalue weighted by atomic mass is 16.1. The number of carbonyl (C=O) groups excluding carboxylic acids is 1. The zero-order valence-corrected chi connectivity index (χ0v) is 7.35. The maximum Gasteiger partial charge on any atom is 0.209 e. The fourth-order valence-corrected chi connectivity index (χ4v) is 0.373. The van der Waals surface area contributed by atoms with Gasteiger partial charge in [-0.05, 0) is 27.9 Å². The van der Waals surface area contributed by atoms with Crippen LogP contribution in [-0.2, 0) is 4.79 Å². The molecule has 0 aromatic rings. The van der Waals surface area contributed by atoms with E-state index in [1.807, 2.05) is 27.9 Å². The summed E-state index contributed by atoms with van der Waals surface area (Å²) >= 11 is 0. The number of amides is 1. The zero-order valence-electron chi connectivity index (χ0n) is 7.35. The van der Waals surface area contributed by atoms with Crippen LogP contribution in [0.1, 0.15) is 13.8 Å². The SMILES string of the molecule is CCN(C=O)CC.CNC. The Morgan fingerprint density at radius 3 is 1.60 bits per heavy atom. The number of hydrogen-bond donors (Lipinski definition) is 1. The summed E-state index contributed by atoms with van der Waals surface area (Å²) in [6, 6.07) is 0. The third-order valence-electron chi connectivity index (χ3n) is 0.961.